The number of carbonyl (C=O) groups is 1. The second-order valence-electron chi connectivity index (χ2n) is 8.78. The Morgan fingerprint density at radius 1 is 1.03 bits per heavy atom. The van der Waals surface area contributed by atoms with Gasteiger partial charge < -0.3 is 5.11 Å². The van der Waals surface area contributed by atoms with Gasteiger partial charge in [-0.25, -0.2) is 21.9 Å². The Hall–Kier alpha value is -2.32. The highest BCUT2D eigenvalue weighted by atomic mass is 32.2. The molecule has 0 spiro atoms. The van der Waals surface area contributed by atoms with Crippen molar-refractivity contribution in [2.45, 2.75) is 70.3 Å². The van der Waals surface area contributed by atoms with Crippen LogP contribution in [0.4, 0.5) is 8.78 Å². The number of amides is 1. The molecule has 0 aliphatic carbocycles. The van der Waals surface area contributed by atoms with Crippen molar-refractivity contribution in [1.82, 2.24) is 4.72 Å². The molecular formula is C23H29F2NO4S. The van der Waals surface area contributed by atoms with Gasteiger partial charge in [-0.2, -0.15) is 0 Å². The normalized spacial score (nSPS) is 12.5. The Morgan fingerprint density at radius 2 is 1.55 bits per heavy atom. The molecule has 0 heterocycles. The molecule has 2 aromatic rings. The van der Waals surface area contributed by atoms with E-state index in [1.54, 1.807) is 0 Å². The molecule has 2 aromatic carbocycles. The summed E-state index contributed by atoms with van der Waals surface area (Å²) in [6.07, 6.45) is -0.259. The number of hydrogen-bond acceptors (Lipinski definition) is 4. The first kappa shape index (κ1) is 24.9. The van der Waals surface area contributed by atoms with Gasteiger partial charge >= 0.3 is 0 Å². The number of benzene rings is 2. The summed E-state index contributed by atoms with van der Waals surface area (Å²) in [5.74, 6) is -2.26. The highest BCUT2D eigenvalue weighted by Crippen LogP contribution is 2.30. The van der Waals surface area contributed by atoms with Crippen LogP contribution in [0.2, 0.25) is 0 Å². The molecule has 31 heavy (non-hydrogen) atoms. The number of rotatable bonds is 7. The molecule has 0 fully saturated rings. The van der Waals surface area contributed by atoms with E-state index in [-0.39, 0.29) is 23.8 Å². The molecule has 0 bridgehead atoms. The van der Waals surface area contributed by atoms with Crippen LogP contribution in [0.1, 0.15) is 75.6 Å². The molecule has 0 aromatic heterocycles. The van der Waals surface area contributed by atoms with Gasteiger partial charge in [-0.1, -0.05) is 33.8 Å². The summed E-state index contributed by atoms with van der Waals surface area (Å²) in [7, 11) is -4.33. The molecular weight excluding hydrogens is 424 g/mol. The fourth-order valence-electron chi connectivity index (χ4n) is 3.48. The summed E-state index contributed by atoms with van der Waals surface area (Å²) in [5.41, 5.74) is 0.308. The van der Waals surface area contributed by atoms with Gasteiger partial charge in [0, 0.05) is 5.56 Å². The molecule has 0 aliphatic rings. The number of nitrogens with one attached hydrogen (secondary N) is 1. The maximum Gasteiger partial charge on any atom is 0.264 e. The molecule has 170 valence electrons. The van der Waals surface area contributed by atoms with E-state index in [0.29, 0.717) is 16.7 Å². The minimum atomic E-state index is -4.33. The number of halogens is 2. The zero-order valence-corrected chi connectivity index (χ0v) is 19.4. The lowest BCUT2D eigenvalue weighted by Crippen LogP contribution is -2.32. The molecule has 0 unspecified atom stereocenters. The second kappa shape index (κ2) is 9.04. The first-order valence-electron chi connectivity index (χ1n) is 10.0. The number of aliphatic hydroxyl groups is 1. The van der Waals surface area contributed by atoms with Gasteiger partial charge in [-0.05, 0) is 66.6 Å². The average Bonchev–Trinajstić information content (AvgIpc) is 2.60. The van der Waals surface area contributed by atoms with Crippen LogP contribution in [0.5, 0.6) is 0 Å². The van der Waals surface area contributed by atoms with Crippen LogP contribution < -0.4 is 4.72 Å². The predicted molar refractivity (Wildman–Crippen MR) is 115 cm³/mol. The minimum Gasteiger partial charge on any atom is -0.386 e. The molecule has 0 saturated heterocycles. The third-order valence-electron chi connectivity index (χ3n) is 5.02. The zero-order valence-electron chi connectivity index (χ0n) is 18.6. The summed E-state index contributed by atoms with van der Waals surface area (Å²) in [6.45, 7) is 10.2. The number of hydrogen-bond donors (Lipinski definition) is 2. The monoisotopic (exact) mass is 453 g/mol. The summed E-state index contributed by atoms with van der Waals surface area (Å²) in [6, 6.07) is 5.78. The van der Waals surface area contributed by atoms with Crippen LogP contribution in [-0.4, -0.2) is 19.4 Å². The lowest BCUT2D eigenvalue weighted by atomic mass is 9.87. The molecule has 0 radical (unpaired) electrons. The molecule has 5 nitrogen and oxygen atoms in total. The average molecular weight is 454 g/mol. The van der Waals surface area contributed by atoms with E-state index >= 15 is 0 Å². The Labute approximate surface area is 182 Å². The SMILES string of the molecule is CC(C)c1cc(F)cc(C(C)C)c1CC(=O)NS(=O)(=O)c1ccc(C(C)(C)O)c(F)c1. The molecule has 2 rings (SSSR count). The van der Waals surface area contributed by atoms with Crippen LogP contribution in [0.15, 0.2) is 35.2 Å². The number of carbonyl (C=O) groups excluding carboxylic acids is 1. The van der Waals surface area contributed by atoms with Crippen LogP contribution in [-0.2, 0) is 26.8 Å². The van der Waals surface area contributed by atoms with Gasteiger partial charge in [0.2, 0.25) is 5.91 Å². The summed E-state index contributed by atoms with van der Waals surface area (Å²) < 4.78 is 55.6. The molecule has 0 aliphatic heterocycles. The van der Waals surface area contributed by atoms with Crippen molar-refractivity contribution in [3.63, 3.8) is 0 Å². The van der Waals surface area contributed by atoms with Gasteiger partial charge in [0.25, 0.3) is 10.0 Å². The molecule has 0 atom stereocenters. The lowest BCUT2D eigenvalue weighted by Gasteiger charge is -2.20. The molecule has 2 N–H and O–H groups in total. The molecule has 1 amide bonds. The predicted octanol–water partition coefficient (Wildman–Crippen LogP) is 4.49. The van der Waals surface area contributed by atoms with Crippen LogP contribution in [0.3, 0.4) is 0 Å². The van der Waals surface area contributed by atoms with Crippen molar-refractivity contribution in [2.75, 3.05) is 0 Å². The van der Waals surface area contributed by atoms with Crippen LogP contribution >= 0.6 is 0 Å². The Bertz CT molecular complexity index is 1060. The third-order valence-corrected chi connectivity index (χ3v) is 6.39. The first-order valence-corrected chi connectivity index (χ1v) is 11.5. The third kappa shape index (κ3) is 5.89. The minimum absolute atomic E-state index is 0.0627. The van der Waals surface area contributed by atoms with Crippen LogP contribution in [0, 0.1) is 11.6 Å². The topological polar surface area (TPSA) is 83.5 Å². The van der Waals surface area contributed by atoms with Gasteiger partial charge in [0.15, 0.2) is 0 Å². The lowest BCUT2D eigenvalue weighted by molar-refractivity contribution is -0.118. The van der Waals surface area contributed by atoms with Crippen molar-refractivity contribution in [3.8, 4) is 0 Å². The Morgan fingerprint density at radius 3 is 1.97 bits per heavy atom. The van der Waals surface area contributed by atoms with E-state index in [0.717, 1.165) is 12.1 Å². The van der Waals surface area contributed by atoms with Crippen LogP contribution in [0.25, 0.3) is 0 Å². The smallest absolute Gasteiger partial charge is 0.264 e. The summed E-state index contributed by atoms with van der Waals surface area (Å²) in [5, 5.41) is 9.95. The maximum atomic E-state index is 14.3. The van der Waals surface area contributed by atoms with Gasteiger partial charge in [-0.15, -0.1) is 0 Å². The van der Waals surface area contributed by atoms with Crippen molar-refractivity contribution >= 4 is 15.9 Å². The van der Waals surface area contributed by atoms with Gasteiger partial charge in [0.05, 0.1) is 16.9 Å². The molecule has 8 heteroatoms. The standard InChI is InChI=1S/C23H29F2NO4S/c1-13(2)17-9-15(24)10-18(14(3)4)19(17)12-22(27)26-31(29,30)16-7-8-20(21(25)11-16)23(5,6)28/h7-11,13-14,28H,12H2,1-6H3,(H,26,27). The van der Waals surface area contributed by atoms with E-state index < -0.39 is 38.1 Å². The summed E-state index contributed by atoms with van der Waals surface area (Å²) >= 11 is 0. The van der Waals surface area contributed by atoms with Crippen molar-refractivity contribution < 1.29 is 27.1 Å². The van der Waals surface area contributed by atoms with E-state index in [9.17, 15) is 27.1 Å². The maximum absolute atomic E-state index is 14.3. The fraction of sp³-hybridized carbons (Fsp3) is 0.435. The quantitative estimate of drug-likeness (QED) is 0.647. The summed E-state index contributed by atoms with van der Waals surface area (Å²) in [4.78, 5) is 12.2. The highest BCUT2D eigenvalue weighted by Gasteiger charge is 2.26. The fourth-order valence-corrected chi connectivity index (χ4v) is 4.47. The van der Waals surface area contributed by atoms with E-state index in [1.807, 2.05) is 32.4 Å². The van der Waals surface area contributed by atoms with Gasteiger partial charge in [0.1, 0.15) is 11.6 Å². The Balaban J connectivity index is 2.35. The van der Waals surface area contributed by atoms with Crippen molar-refractivity contribution in [3.05, 3.63) is 64.2 Å². The number of sulfonamides is 1. The first-order chi connectivity index (χ1) is 14.1. The van der Waals surface area contributed by atoms with Gasteiger partial charge in [-0.3, -0.25) is 4.79 Å². The second-order valence-corrected chi connectivity index (χ2v) is 10.5. The Kier molecular flexibility index (Phi) is 7.28. The largest absolute Gasteiger partial charge is 0.386 e. The van der Waals surface area contributed by atoms with E-state index in [1.165, 1.54) is 32.0 Å². The zero-order chi connectivity index (χ0) is 23.7. The van der Waals surface area contributed by atoms with Crippen molar-refractivity contribution in [2.24, 2.45) is 0 Å². The van der Waals surface area contributed by atoms with Crippen molar-refractivity contribution in [1.29, 1.82) is 0 Å². The van der Waals surface area contributed by atoms with E-state index in [2.05, 4.69) is 0 Å². The molecule has 0 saturated carbocycles. The highest BCUT2D eigenvalue weighted by molar-refractivity contribution is 7.90. The van der Waals surface area contributed by atoms with E-state index in [4.69, 9.17) is 0 Å².